The minimum atomic E-state index is -0.389. The van der Waals surface area contributed by atoms with Gasteiger partial charge in [0.2, 0.25) is 5.91 Å². The van der Waals surface area contributed by atoms with E-state index in [4.69, 9.17) is 4.74 Å². The number of amides is 1. The maximum Gasteiger partial charge on any atom is 0.337 e. The zero-order valence-corrected chi connectivity index (χ0v) is 11.0. The monoisotopic (exact) mass is 262 g/mol. The van der Waals surface area contributed by atoms with E-state index in [0.29, 0.717) is 18.7 Å². The zero-order valence-electron chi connectivity index (χ0n) is 11.0. The molecule has 5 nitrogen and oxygen atoms in total. The standard InChI is InChI=1S/C14H18N2O3/c1-19-14(18)11-5-4-6-12(9-11)16-8-3-2-7-15-10-13(16)17/h4-6,9,15H,2-3,7-8,10H2,1H3. The molecule has 1 aromatic carbocycles. The average molecular weight is 262 g/mol. The highest BCUT2D eigenvalue weighted by Crippen LogP contribution is 2.18. The number of rotatable bonds is 2. The van der Waals surface area contributed by atoms with Crippen LogP contribution in [0, 0.1) is 0 Å². The molecule has 1 aromatic rings. The molecule has 0 aromatic heterocycles. The Kier molecular flexibility index (Phi) is 4.52. The van der Waals surface area contributed by atoms with Crippen molar-refractivity contribution in [2.75, 3.05) is 31.6 Å². The van der Waals surface area contributed by atoms with Crippen molar-refractivity contribution < 1.29 is 14.3 Å². The molecule has 0 saturated carbocycles. The average Bonchev–Trinajstić information content (AvgIpc) is 2.42. The third-order valence-corrected chi connectivity index (χ3v) is 3.14. The Hall–Kier alpha value is -1.88. The van der Waals surface area contributed by atoms with E-state index in [1.165, 1.54) is 7.11 Å². The van der Waals surface area contributed by atoms with Gasteiger partial charge >= 0.3 is 5.97 Å². The molecular weight excluding hydrogens is 244 g/mol. The van der Waals surface area contributed by atoms with Crippen LogP contribution in [0.2, 0.25) is 0 Å². The van der Waals surface area contributed by atoms with Gasteiger partial charge in [-0.15, -0.1) is 0 Å². The lowest BCUT2D eigenvalue weighted by molar-refractivity contribution is -0.118. The Balaban J connectivity index is 2.23. The summed E-state index contributed by atoms with van der Waals surface area (Å²) in [5.41, 5.74) is 1.21. The topological polar surface area (TPSA) is 58.6 Å². The molecule has 19 heavy (non-hydrogen) atoms. The number of anilines is 1. The number of methoxy groups -OCH3 is 1. The molecule has 1 amide bonds. The fourth-order valence-corrected chi connectivity index (χ4v) is 2.13. The van der Waals surface area contributed by atoms with Gasteiger partial charge in [0.15, 0.2) is 0 Å². The molecule has 102 valence electrons. The van der Waals surface area contributed by atoms with Crippen molar-refractivity contribution >= 4 is 17.6 Å². The molecule has 5 heteroatoms. The Morgan fingerprint density at radius 1 is 1.37 bits per heavy atom. The molecule has 1 N–H and O–H groups in total. The van der Waals surface area contributed by atoms with Crippen LogP contribution in [0.15, 0.2) is 24.3 Å². The van der Waals surface area contributed by atoms with Crippen LogP contribution in [0.3, 0.4) is 0 Å². The van der Waals surface area contributed by atoms with Crippen LogP contribution in [-0.4, -0.2) is 38.6 Å². The number of nitrogens with zero attached hydrogens (tertiary/aromatic N) is 1. The van der Waals surface area contributed by atoms with E-state index >= 15 is 0 Å². The predicted octanol–water partition coefficient (Wildman–Crippen LogP) is 1.19. The first-order valence-electron chi connectivity index (χ1n) is 6.42. The van der Waals surface area contributed by atoms with E-state index in [0.717, 1.165) is 25.1 Å². The highest BCUT2D eigenvalue weighted by Gasteiger charge is 2.18. The van der Waals surface area contributed by atoms with E-state index in [1.807, 2.05) is 6.07 Å². The van der Waals surface area contributed by atoms with Gasteiger partial charge in [-0.3, -0.25) is 4.79 Å². The molecule has 0 unspecified atom stereocenters. The summed E-state index contributed by atoms with van der Waals surface area (Å²) in [6.45, 7) is 1.90. The number of carbonyl (C=O) groups excluding carboxylic acids is 2. The summed E-state index contributed by atoms with van der Waals surface area (Å²) in [7, 11) is 1.35. The number of benzene rings is 1. The molecule has 1 fully saturated rings. The predicted molar refractivity (Wildman–Crippen MR) is 72.2 cm³/mol. The number of hydrogen-bond acceptors (Lipinski definition) is 4. The first-order valence-corrected chi connectivity index (χ1v) is 6.42. The molecule has 1 aliphatic heterocycles. The summed E-state index contributed by atoms with van der Waals surface area (Å²) in [6.07, 6.45) is 1.99. The third kappa shape index (κ3) is 3.32. The SMILES string of the molecule is COC(=O)c1cccc(N2CCCCNCC2=O)c1. The van der Waals surface area contributed by atoms with Crippen molar-refractivity contribution in [2.24, 2.45) is 0 Å². The van der Waals surface area contributed by atoms with Crippen LogP contribution in [0.4, 0.5) is 5.69 Å². The summed E-state index contributed by atoms with van der Waals surface area (Å²) in [4.78, 5) is 25.3. The summed E-state index contributed by atoms with van der Waals surface area (Å²) in [6, 6.07) is 6.99. The van der Waals surface area contributed by atoms with Crippen LogP contribution in [-0.2, 0) is 9.53 Å². The molecule has 1 saturated heterocycles. The first-order chi connectivity index (χ1) is 9.22. The van der Waals surface area contributed by atoms with Gasteiger partial charge in [0.1, 0.15) is 0 Å². The molecule has 0 radical (unpaired) electrons. The van der Waals surface area contributed by atoms with Crippen LogP contribution in [0.1, 0.15) is 23.2 Å². The van der Waals surface area contributed by atoms with Crippen molar-refractivity contribution in [3.05, 3.63) is 29.8 Å². The van der Waals surface area contributed by atoms with Crippen molar-refractivity contribution in [3.8, 4) is 0 Å². The number of ether oxygens (including phenoxy) is 1. The minimum Gasteiger partial charge on any atom is -0.465 e. The fraction of sp³-hybridized carbons (Fsp3) is 0.429. The van der Waals surface area contributed by atoms with Crippen molar-refractivity contribution in [1.29, 1.82) is 0 Å². The molecule has 0 bridgehead atoms. The summed E-state index contributed by atoms with van der Waals surface area (Å²) in [5, 5.41) is 3.10. The van der Waals surface area contributed by atoms with Gasteiger partial charge in [-0.25, -0.2) is 4.79 Å². The van der Waals surface area contributed by atoms with Gasteiger partial charge in [-0.1, -0.05) is 6.07 Å². The van der Waals surface area contributed by atoms with E-state index in [1.54, 1.807) is 23.1 Å². The van der Waals surface area contributed by atoms with E-state index < -0.39 is 0 Å². The quantitative estimate of drug-likeness (QED) is 0.813. The summed E-state index contributed by atoms with van der Waals surface area (Å²) in [5.74, 6) is -0.360. The van der Waals surface area contributed by atoms with Crippen LogP contribution >= 0.6 is 0 Å². The number of esters is 1. The van der Waals surface area contributed by atoms with Crippen molar-refractivity contribution in [1.82, 2.24) is 5.32 Å². The Morgan fingerprint density at radius 2 is 2.21 bits per heavy atom. The second-order valence-electron chi connectivity index (χ2n) is 4.47. The second kappa shape index (κ2) is 6.33. The number of hydrogen-bond donors (Lipinski definition) is 1. The normalized spacial score (nSPS) is 16.7. The minimum absolute atomic E-state index is 0.0294. The lowest BCUT2D eigenvalue weighted by Crippen LogP contribution is -2.41. The van der Waals surface area contributed by atoms with Crippen molar-refractivity contribution in [3.63, 3.8) is 0 Å². The third-order valence-electron chi connectivity index (χ3n) is 3.14. The Bertz CT molecular complexity index is 474. The number of nitrogens with one attached hydrogen (secondary N) is 1. The van der Waals surface area contributed by atoms with Gasteiger partial charge in [0, 0.05) is 12.2 Å². The molecule has 0 spiro atoms. The summed E-state index contributed by atoms with van der Waals surface area (Å²) >= 11 is 0. The van der Waals surface area contributed by atoms with E-state index in [2.05, 4.69) is 5.32 Å². The molecular formula is C14H18N2O3. The lowest BCUT2D eigenvalue weighted by Gasteiger charge is -2.25. The zero-order chi connectivity index (χ0) is 13.7. The van der Waals surface area contributed by atoms with E-state index in [9.17, 15) is 9.59 Å². The van der Waals surface area contributed by atoms with E-state index in [-0.39, 0.29) is 11.9 Å². The van der Waals surface area contributed by atoms with Gasteiger partial charge in [0.05, 0.1) is 19.2 Å². The van der Waals surface area contributed by atoms with Crippen LogP contribution in [0.5, 0.6) is 0 Å². The highest BCUT2D eigenvalue weighted by molar-refractivity contribution is 5.97. The molecule has 1 heterocycles. The van der Waals surface area contributed by atoms with Gasteiger partial charge < -0.3 is 15.0 Å². The fourth-order valence-electron chi connectivity index (χ4n) is 2.13. The molecule has 1 aliphatic rings. The van der Waals surface area contributed by atoms with Gasteiger partial charge in [-0.05, 0) is 37.6 Å². The molecule has 0 aliphatic carbocycles. The Morgan fingerprint density at radius 3 is 3.00 bits per heavy atom. The highest BCUT2D eigenvalue weighted by atomic mass is 16.5. The number of carbonyl (C=O) groups is 2. The largest absolute Gasteiger partial charge is 0.465 e. The van der Waals surface area contributed by atoms with Gasteiger partial charge in [0.25, 0.3) is 0 Å². The van der Waals surface area contributed by atoms with Gasteiger partial charge in [-0.2, -0.15) is 0 Å². The maximum absolute atomic E-state index is 12.1. The first kappa shape index (κ1) is 13.5. The second-order valence-corrected chi connectivity index (χ2v) is 4.47. The Labute approximate surface area is 112 Å². The van der Waals surface area contributed by atoms with Crippen LogP contribution in [0.25, 0.3) is 0 Å². The maximum atomic E-state index is 12.1. The smallest absolute Gasteiger partial charge is 0.337 e. The van der Waals surface area contributed by atoms with Crippen molar-refractivity contribution in [2.45, 2.75) is 12.8 Å². The molecule has 2 rings (SSSR count). The lowest BCUT2D eigenvalue weighted by atomic mass is 10.1. The summed E-state index contributed by atoms with van der Waals surface area (Å²) < 4.78 is 4.70. The molecule has 0 atom stereocenters. The van der Waals surface area contributed by atoms with Crippen LogP contribution < -0.4 is 10.2 Å².